The summed E-state index contributed by atoms with van der Waals surface area (Å²) in [6, 6.07) is 15.9. The minimum Gasteiger partial charge on any atom is -0.384 e. The molecule has 128 valence electrons. The van der Waals surface area contributed by atoms with Crippen molar-refractivity contribution in [2.24, 2.45) is 0 Å². The number of carbonyl (C=O) groups excluding carboxylic acids is 1. The summed E-state index contributed by atoms with van der Waals surface area (Å²) < 4.78 is 5.12. The maximum Gasteiger partial charge on any atom is 0.259 e. The van der Waals surface area contributed by atoms with Crippen molar-refractivity contribution in [1.29, 1.82) is 0 Å². The third-order valence-electron chi connectivity index (χ3n) is 3.67. The lowest BCUT2D eigenvalue weighted by molar-refractivity contribution is 0.0984. The van der Waals surface area contributed by atoms with E-state index in [4.69, 9.17) is 4.74 Å². The van der Waals surface area contributed by atoms with Crippen molar-refractivity contribution in [2.45, 2.75) is 25.2 Å². The highest BCUT2D eigenvalue weighted by atomic mass is 32.2. The van der Waals surface area contributed by atoms with Gasteiger partial charge < -0.3 is 9.64 Å². The zero-order chi connectivity index (χ0) is 17.4. The van der Waals surface area contributed by atoms with E-state index < -0.39 is 0 Å². The number of anilines is 1. The zero-order valence-corrected chi connectivity index (χ0v) is 15.4. The summed E-state index contributed by atoms with van der Waals surface area (Å²) >= 11 is 1.66. The molecule has 0 saturated heterocycles. The molecule has 4 heteroatoms. The largest absolute Gasteiger partial charge is 0.384 e. The highest BCUT2D eigenvalue weighted by molar-refractivity contribution is 7.99. The molecule has 0 saturated carbocycles. The van der Waals surface area contributed by atoms with E-state index in [0.29, 0.717) is 13.2 Å². The monoisotopic (exact) mass is 343 g/mol. The Morgan fingerprint density at radius 1 is 1.17 bits per heavy atom. The fourth-order valence-corrected chi connectivity index (χ4v) is 3.47. The van der Waals surface area contributed by atoms with Crippen molar-refractivity contribution in [3.8, 4) is 0 Å². The molecule has 0 aliphatic heterocycles. The van der Waals surface area contributed by atoms with Gasteiger partial charge in [0.15, 0.2) is 0 Å². The summed E-state index contributed by atoms with van der Waals surface area (Å²) in [6.07, 6.45) is 0.915. The average molecular weight is 343 g/mol. The minimum absolute atomic E-state index is 0.0583. The first-order chi connectivity index (χ1) is 11.7. The van der Waals surface area contributed by atoms with E-state index in [1.54, 1.807) is 18.9 Å². The fourth-order valence-electron chi connectivity index (χ4n) is 2.52. The van der Waals surface area contributed by atoms with Gasteiger partial charge in [-0.1, -0.05) is 31.2 Å². The van der Waals surface area contributed by atoms with Crippen molar-refractivity contribution in [2.75, 3.05) is 30.9 Å². The molecule has 0 aliphatic rings. The van der Waals surface area contributed by atoms with E-state index >= 15 is 0 Å². The minimum atomic E-state index is 0.0583. The van der Waals surface area contributed by atoms with Crippen LogP contribution in [-0.4, -0.2) is 31.9 Å². The SMILES string of the molecule is CCCN(C(=O)c1ccccc1SCCOC)c1cccc(C)c1. The highest BCUT2D eigenvalue weighted by Crippen LogP contribution is 2.26. The molecule has 2 rings (SSSR count). The van der Waals surface area contributed by atoms with Crippen LogP contribution in [0.15, 0.2) is 53.4 Å². The van der Waals surface area contributed by atoms with Crippen molar-refractivity contribution in [3.63, 3.8) is 0 Å². The number of carbonyl (C=O) groups is 1. The molecule has 3 nitrogen and oxygen atoms in total. The van der Waals surface area contributed by atoms with Gasteiger partial charge in [-0.15, -0.1) is 11.8 Å². The number of hydrogen-bond acceptors (Lipinski definition) is 3. The highest BCUT2D eigenvalue weighted by Gasteiger charge is 2.20. The van der Waals surface area contributed by atoms with E-state index in [0.717, 1.165) is 33.9 Å². The number of nitrogens with zero attached hydrogens (tertiary/aromatic N) is 1. The number of thioether (sulfide) groups is 1. The Kier molecular flexibility index (Phi) is 7.35. The molecule has 0 heterocycles. The molecule has 0 atom stereocenters. The molecule has 0 spiro atoms. The third kappa shape index (κ3) is 4.86. The van der Waals surface area contributed by atoms with Gasteiger partial charge in [0.1, 0.15) is 0 Å². The molecule has 0 aliphatic carbocycles. The molecular formula is C20H25NO2S. The van der Waals surface area contributed by atoms with Gasteiger partial charge in [-0.2, -0.15) is 0 Å². The van der Waals surface area contributed by atoms with Crippen LogP contribution in [0, 0.1) is 6.92 Å². The number of methoxy groups -OCH3 is 1. The Morgan fingerprint density at radius 2 is 1.96 bits per heavy atom. The topological polar surface area (TPSA) is 29.5 Å². The van der Waals surface area contributed by atoms with Crippen LogP contribution in [0.3, 0.4) is 0 Å². The molecule has 0 N–H and O–H groups in total. The fraction of sp³-hybridized carbons (Fsp3) is 0.350. The number of ether oxygens (including phenoxy) is 1. The number of aryl methyl sites for hydroxylation is 1. The third-order valence-corrected chi connectivity index (χ3v) is 4.71. The van der Waals surface area contributed by atoms with Crippen LogP contribution < -0.4 is 4.90 Å². The maximum atomic E-state index is 13.2. The van der Waals surface area contributed by atoms with Crippen molar-refractivity contribution < 1.29 is 9.53 Å². The van der Waals surface area contributed by atoms with E-state index in [2.05, 4.69) is 13.0 Å². The molecule has 24 heavy (non-hydrogen) atoms. The summed E-state index contributed by atoms with van der Waals surface area (Å²) in [5, 5.41) is 0. The van der Waals surface area contributed by atoms with Gasteiger partial charge in [0.25, 0.3) is 5.91 Å². The van der Waals surface area contributed by atoms with Crippen LogP contribution in [0.5, 0.6) is 0 Å². The van der Waals surface area contributed by atoms with E-state index in [1.807, 2.05) is 54.3 Å². The van der Waals surface area contributed by atoms with Crippen LogP contribution in [0.4, 0.5) is 5.69 Å². The molecule has 0 fully saturated rings. The van der Waals surface area contributed by atoms with Crippen molar-refractivity contribution >= 4 is 23.4 Å². The van der Waals surface area contributed by atoms with Gasteiger partial charge in [-0.05, 0) is 43.2 Å². The Morgan fingerprint density at radius 3 is 2.67 bits per heavy atom. The van der Waals surface area contributed by atoms with Crippen LogP contribution in [-0.2, 0) is 4.74 Å². The Labute approximate surface area is 149 Å². The quantitative estimate of drug-likeness (QED) is 0.510. The van der Waals surface area contributed by atoms with E-state index in [1.165, 1.54) is 0 Å². The molecule has 0 unspecified atom stereocenters. The molecule has 0 bridgehead atoms. The summed E-state index contributed by atoms with van der Waals surface area (Å²) in [5.41, 5.74) is 2.87. The first-order valence-corrected chi connectivity index (χ1v) is 9.25. The van der Waals surface area contributed by atoms with Crippen molar-refractivity contribution in [1.82, 2.24) is 0 Å². The van der Waals surface area contributed by atoms with Gasteiger partial charge in [-0.25, -0.2) is 0 Å². The lowest BCUT2D eigenvalue weighted by atomic mass is 10.1. The lowest BCUT2D eigenvalue weighted by Gasteiger charge is -2.24. The van der Waals surface area contributed by atoms with Gasteiger partial charge in [0, 0.05) is 30.0 Å². The second kappa shape index (κ2) is 9.50. The van der Waals surface area contributed by atoms with Crippen LogP contribution in [0.1, 0.15) is 29.3 Å². The van der Waals surface area contributed by atoms with E-state index in [9.17, 15) is 4.79 Å². The van der Waals surface area contributed by atoms with Gasteiger partial charge >= 0.3 is 0 Å². The summed E-state index contributed by atoms with van der Waals surface area (Å²) in [4.78, 5) is 16.1. The van der Waals surface area contributed by atoms with Crippen LogP contribution in [0.2, 0.25) is 0 Å². The smallest absolute Gasteiger partial charge is 0.259 e. The predicted octanol–water partition coefficient (Wildman–Crippen LogP) is 4.79. The normalized spacial score (nSPS) is 10.6. The van der Waals surface area contributed by atoms with Gasteiger partial charge in [0.05, 0.1) is 12.2 Å². The van der Waals surface area contributed by atoms with Crippen LogP contribution >= 0.6 is 11.8 Å². The zero-order valence-electron chi connectivity index (χ0n) is 14.6. The number of rotatable bonds is 8. The van der Waals surface area contributed by atoms with E-state index in [-0.39, 0.29) is 5.91 Å². The molecule has 2 aromatic carbocycles. The average Bonchev–Trinajstić information content (AvgIpc) is 2.60. The summed E-state index contributed by atoms with van der Waals surface area (Å²) in [7, 11) is 1.69. The number of benzene rings is 2. The van der Waals surface area contributed by atoms with Crippen molar-refractivity contribution in [3.05, 3.63) is 59.7 Å². The molecular weight excluding hydrogens is 318 g/mol. The van der Waals surface area contributed by atoms with Gasteiger partial charge in [-0.3, -0.25) is 4.79 Å². The number of hydrogen-bond donors (Lipinski definition) is 0. The molecule has 2 aromatic rings. The Balaban J connectivity index is 2.30. The molecule has 0 aromatic heterocycles. The first-order valence-electron chi connectivity index (χ1n) is 8.26. The summed E-state index contributed by atoms with van der Waals surface area (Å²) in [6.45, 7) is 5.52. The van der Waals surface area contributed by atoms with Crippen LogP contribution in [0.25, 0.3) is 0 Å². The first kappa shape index (κ1) is 18.6. The second-order valence-corrected chi connectivity index (χ2v) is 6.77. The Hall–Kier alpha value is -1.78. The second-order valence-electron chi connectivity index (χ2n) is 5.63. The lowest BCUT2D eigenvalue weighted by Crippen LogP contribution is -2.32. The molecule has 1 amide bonds. The standard InChI is InChI=1S/C20H25NO2S/c1-4-12-21(17-9-7-8-16(2)15-17)20(22)18-10-5-6-11-19(18)24-14-13-23-3/h5-11,15H,4,12-14H2,1-3H3. The number of amides is 1. The summed E-state index contributed by atoms with van der Waals surface area (Å²) in [5.74, 6) is 0.891. The Bertz CT molecular complexity index is 672. The predicted molar refractivity (Wildman–Crippen MR) is 102 cm³/mol. The maximum absolute atomic E-state index is 13.2. The van der Waals surface area contributed by atoms with Gasteiger partial charge in [0.2, 0.25) is 0 Å². The molecule has 0 radical (unpaired) electrons.